The fraction of sp³-hybridized carbons (Fsp3) is 0.500. The molecule has 2 aromatic carbocycles. The predicted octanol–water partition coefficient (Wildman–Crippen LogP) is 4.22. The highest BCUT2D eigenvalue weighted by molar-refractivity contribution is 7.89. The number of morpholine rings is 1. The first-order chi connectivity index (χ1) is 19.2. The second kappa shape index (κ2) is 13.3. The highest BCUT2D eigenvalue weighted by atomic mass is 32.2. The van der Waals surface area contributed by atoms with Gasteiger partial charge in [0.1, 0.15) is 0 Å². The molecule has 1 aromatic heterocycles. The van der Waals surface area contributed by atoms with E-state index >= 15 is 0 Å². The van der Waals surface area contributed by atoms with Crippen LogP contribution in [0.3, 0.4) is 0 Å². The molecule has 2 heterocycles. The minimum atomic E-state index is -3.64. The number of benzene rings is 2. The van der Waals surface area contributed by atoms with Crippen molar-refractivity contribution in [1.29, 1.82) is 0 Å². The van der Waals surface area contributed by atoms with Gasteiger partial charge in [0.15, 0.2) is 22.1 Å². The summed E-state index contributed by atoms with van der Waals surface area (Å²) in [6, 6.07) is 13.0. The number of ether oxygens (including phenoxy) is 3. The van der Waals surface area contributed by atoms with Crippen LogP contribution in [-0.2, 0) is 27.8 Å². The van der Waals surface area contributed by atoms with Gasteiger partial charge in [0.2, 0.25) is 10.0 Å². The van der Waals surface area contributed by atoms with Gasteiger partial charge in [-0.25, -0.2) is 13.1 Å². The van der Waals surface area contributed by atoms with Crippen LogP contribution in [0, 0.1) is 4.77 Å². The molecule has 1 aliphatic rings. The third-order valence-corrected chi connectivity index (χ3v) is 9.51. The number of aromatic nitrogens is 3. The Kier molecular flexibility index (Phi) is 10.0. The first kappa shape index (κ1) is 30.2. The van der Waals surface area contributed by atoms with E-state index in [0.717, 1.165) is 24.9 Å². The molecule has 40 heavy (non-hydrogen) atoms. The van der Waals surface area contributed by atoms with Gasteiger partial charge in [0.05, 0.1) is 39.0 Å². The van der Waals surface area contributed by atoms with Crippen LogP contribution >= 0.6 is 12.2 Å². The minimum Gasteiger partial charge on any atom is -0.493 e. The van der Waals surface area contributed by atoms with Crippen LogP contribution < -0.4 is 9.47 Å². The molecule has 3 aromatic rings. The van der Waals surface area contributed by atoms with Crippen molar-refractivity contribution >= 4 is 22.2 Å². The van der Waals surface area contributed by atoms with Crippen LogP contribution in [0.15, 0.2) is 47.4 Å². The van der Waals surface area contributed by atoms with Crippen LogP contribution in [0.25, 0.3) is 11.4 Å². The van der Waals surface area contributed by atoms with Crippen molar-refractivity contribution in [2.75, 3.05) is 54.1 Å². The molecule has 4 rings (SSSR count). The third-order valence-electron chi connectivity index (χ3n) is 7.21. The van der Waals surface area contributed by atoms with E-state index in [1.807, 2.05) is 40.6 Å². The average Bonchev–Trinajstić information content (AvgIpc) is 3.31. The van der Waals surface area contributed by atoms with Crippen LogP contribution in [0.4, 0.5) is 0 Å². The highest BCUT2D eigenvalue weighted by Crippen LogP contribution is 2.29. The monoisotopic (exact) mass is 589 g/mol. The third kappa shape index (κ3) is 6.58. The second-order valence-corrected chi connectivity index (χ2v) is 12.2. The number of nitrogens with zero attached hydrogens (tertiary/aromatic N) is 5. The number of hydrogen-bond donors (Lipinski definition) is 0. The summed E-state index contributed by atoms with van der Waals surface area (Å²) in [7, 11) is 1.65. The largest absolute Gasteiger partial charge is 0.493 e. The van der Waals surface area contributed by atoms with Crippen LogP contribution in [0.5, 0.6) is 11.5 Å². The first-order valence-electron chi connectivity index (χ1n) is 13.5. The Labute approximate surface area is 242 Å². The Hall–Kier alpha value is -2.77. The van der Waals surface area contributed by atoms with E-state index in [2.05, 4.69) is 18.7 Å². The molecule has 0 radical (unpaired) electrons. The molecule has 0 aliphatic carbocycles. The van der Waals surface area contributed by atoms with E-state index < -0.39 is 10.0 Å². The number of hydrogen-bond acceptors (Lipinski definition) is 8. The van der Waals surface area contributed by atoms with Crippen LogP contribution in [0.1, 0.15) is 31.9 Å². The maximum atomic E-state index is 13.3. The van der Waals surface area contributed by atoms with Gasteiger partial charge in [-0.3, -0.25) is 9.47 Å². The van der Waals surface area contributed by atoms with Crippen molar-refractivity contribution in [3.63, 3.8) is 0 Å². The molecule has 0 N–H and O–H groups in total. The van der Waals surface area contributed by atoms with Gasteiger partial charge in [-0.2, -0.15) is 9.40 Å². The summed E-state index contributed by atoms with van der Waals surface area (Å²) in [5.41, 5.74) is 1.85. The minimum absolute atomic E-state index is 0.0906. The molecule has 1 unspecified atom stereocenters. The molecule has 0 amide bonds. The molecule has 0 bridgehead atoms. The lowest BCUT2D eigenvalue weighted by atomic mass is 10.1. The van der Waals surface area contributed by atoms with Crippen molar-refractivity contribution < 1.29 is 22.6 Å². The van der Waals surface area contributed by atoms with Gasteiger partial charge in [0, 0.05) is 31.2 Å². The summed E-state index contributed by atoms with van der Waals surface area (Å²) >= 11 is 5.89. The van der Waals surface area contributed by atoms with Gasteiger partial charge in [0.25, 0.3) is 0 Å². The van der Waals surface area contributed by atoms with Gasteiger partial charge >= 0.3 is 0 Å². The number of methoxy groups -OCH3 is 2. The van der Waals surface area contributed by atoms with Crippen molar-refractivity contribution in [3.8, 4) is 22.9 Å². The fourth-order valence-corrected chi connectivity index (χ4v) is 6.50. The number of sulfonamides is 1. The van der Waals surface area contributed by atoms with Gasteiger partial charge in [-0.05, 0) is 68.9 Å². The average molecular weight is 590 g/mol. The summed E-state index contributed by atoms with van der Waals surface area (Å²) < 4.78 is 48.7. The van der Waals surface area contributed by atoms with E-state index in [-0.39, 0.29) is 10.9 Å². The maximum absolute atomic E-state index is 13.3. The normalized spacial score (nSPS) is 15.3. The van der Waals surface area contributed by atoms with Crippen molar-refractivity contribution in [3.05, 3.63) is 52.8 Å². The summed E-state index contributed by atoms with van der Waals surface area (Å²) in [4.78, 5) is 2.40. The topological polar surface area (TPSA) is 91.1 Å². The molecule has 12 heteroatoms. The molecule has 218 valence electrons. The zero-order valence-corrected chi connectivity index (χ0v) is 25.5. The second-order valence-electron chi connectivity index (χ2n) is 9.94. The Morgan fingerprint density at radius 3 is 2.50 bits per heavy atom. The summed E-state index contributed by atoms with van der Waals surface area (Å²) in [5.74, 6) is 2.07. The van der Waals surface area contributed by atoms with Crippen LogP contribution in [0.2, 0.25) is 0 Å². The van der Waals surface area contributed by atoms with Crippen molar-refractivity contribution in [1.82, 2.24) is 23.6 Å². The Bertz CT molecular complexity index is 1460. The molecular formula is C28H39N5O5S2. The number of likely N-dealkylation sites (N-methyl/N-ethyl adjacent to an activating group) is 1. The standard InChI is InChI=1S/C28H39N5O5S2/c1-6-21(2)33-27(23-8-7-9-24(19-23)40(34,35)31-14-16-38-17-15-31)29-32(28(33)39)20-30(3)13-12-22-10-11-25(36-4)26(18-22)37-5/h7-11,18-19,21H,6,12-17,20H2,1-5H3. The molecule has 1 saturated heterocycles. The van der Waals surface area contributed by atoms with Crippen LogP contribution in [-0.4, -0.2) is 86.1 Å². The quantitative estimate of drug-likeness (QED) is 0.290. The van der Waals surface area contributed by atoms with E-state index in [0.29, 0.717) is 60.6 Å². The lowest BCUT2D eigenvalue weighted by Crippen LogP contribution is -2.40. The smallest absolute Gasteiger partial charge is 0.243 e. The van der Waals surface area contributed by atoms with Crippen molar-refractivity contribution in [2.24, 2.45) is 0 Å². The van der Waals surface area contributed by atoms with Gasteiger partial charge < -0.3 is 14.2 Å². The van der Waals surface area contributed by atoms with Gasteiger partial charge in [-0.1, -0.05) is 25.1 Å². The van der Waals surface area contributed by atoms with E-state index in [1.165, 1.54) is 4.31 Å². The first-order valence-corrected chi connectivity index (χ1v) is 15.3. The fourth-order valence-electron chi connectivity index (χ4n) is 4.68. The molecule has 1 fully saturated rings. The summed E-state index contributed by atoms with van der Waals surface area (Å²) in [5, 5.41) is 4.90. The summed E-state index contributed by atoms with van der Waals surface area (Å²) in [6.07, 6.45) is 1.67. The Morgan fingerprint density at radius 1 is 1.10 bits per heavy atom. The predicted molar refractivity (Wildman–Crippen MR) is 157 cm³/mol. The highest BCUT2D eigenvalue weighted by Gasteiger charge is 2.27. The Balaban J connectivity index is 1.58. The zero-order chi connectivity index (χ0) is 28.9. The van der Waals surface area contributed by atoms with Gasteiger partial charge in [-0.15, -0.1) is 0 Å². The molecule has 0 spiro atoms. The molecule has 1 atom stereocenters. The molecule has 0 saturated carbocycles. The Morgan fingerprint density at radius 2 is 1.82 bits per heavy atom. The van der Waals surface area contributed by atoms with E-state index in [1.54, 1.807) is 32.4 Å². The lowest BCUT2D eigenvalue weighted by molar-refractivity contribution is 0.0730. The van der Waals surface area contributed by atoms with Crippen molar-refractivity contribution in [2.45, 2.75) is 44.3 Å². The SMILES string of the molecule is CCC(C)n1c(-c2cccc(S(=O)(=O)N3CCOCC3)c2)nn(CN(C)CCc2ccc(OC)c(OC)c2)c1=S. The molecular weight excluding hydrogens is 550 g/mol. The molecule has 1 aliphatic heterocycles. The molecule has 10 nitrogen and oxygen atoms in total. The lowest BCUT2D eigenvalue weighted by Gasteiger charge is -2.26. The zero-order valence-electron chi connectivity index (χ0n) is 23.9. The maximum Gasteiger partial charge on any atom is 0.243 e. The number of rotatable bonds is 12. The van der Waals surface area contributed by atoms with E-state index in [9.17, 15) is 8.42 Å². The summed E-state index contributed by atoms with van der Waals surface area (Å²) in [6.45, 7) is 6.96. The van der Waals surface area contributed by atoms with E-state index in [4.69, 9.17) is 31.5 Å².